The first-order valence-electron chi connectivity index (χ1n) is 9.55. The van der Waals surface area contributed by atoms with E-state index in [-0.39, 0.29) is 28.2 Å². The van der Waals surface area contributed by atoms with E-state index in [1.165, 1.54) is 13.0 Å². The summed E-state index contributed by atoms with van der Waals surface area (Å²) in [5.41, 5.74) is -0.461. The number of benzene rings is 1. The van der Waals surface area contributed by atoms with Gasteiger partial charge >= 0.3 is 11.7 Å². The van der Waals surface area contributed by atoms with Crippen molar-refractivity contribution < 1.29 is 28.8 Å². The van der Waals surface area contributed by atoms with Gasteiger partial charge in [0.15, 0.2) is 6.10 Å². The maximum absolute atomic E-state index is 12.8. The predicted octanol–water partition coefficient (Wildman–Crippen LogP) is 2.33. The van der Waals surface area contributed by atoms with Crippen molar-refractivity contribution in [2.24, 2.45) is 28.8 Å². The minimum absolute atomic E-state index is 0.0180. The van der Waals surface area contributed by atoms with Gasteiger partial charge in [0.25, 0.3) is 11.8 Å². The summed E-state index contributed by atoms with van der Waals surface area (Å²) in [6.07, 6.45) is 4.65. The number of hydrogen-bond acceptors (Lipinski definition) is 8. The van der Waals surface area contributed by atoms with Crippen LogP contribution in [-0.2, 0) is 19.1 Å². The molecule has 0 radical (unpaired) electrons. The third-order valence-corrected chi connectivity index (χ3v) is 6.06. The maximum Gasteiger partial charge on any atom is 0.346 e. The highest BCUT2D eigenvalue weighted by molar-refractivity contribution is 6.31. The average molecular weight is 448 g/mol. The number of amides is 2. The Bertz CT molecular complexity index is 1020. The number of nitro benzene ring substituents is 1. The summed E-state index contributed by atoms with van der Waals surface area (Å²) in [7, 11) is 1.16. The number of carbonyl (C=O) groups is 3. The molecule has 1 aliphatic heterocycles. The number of fused-ring (bicyclic) bond motifs is 5. The monoisotopic (exact) mass is 447 g/mol. The highest BCUT2D eigenvalue weighted by Gasteiger charge is 2.59. The summed E-state index contributed by atoms with van der Waals surface area (Å²) in [5.74, 6) is -2.62. The fraction of sp³-hybridized carbons (Fsp3) is 0.400. The van der Waals surface area contributed by atoms with Crippen molar-refractivity contribution in [2.45, 2.75) is 19.4 Å². The van der Waals surface area contributed by atoms with Crippen molar-refractivity contribution in [1.29, 1.82) is 0 Å². The van der Waals surface area contributed by atoms with E-state index in [0.717, 1.165) is 30.8 Å². The van der Waals surface area contributed by atoms with E-state index in [2.05, 4.69) is 9.84 Å². The molecule has 0 N–H and O–H groups in total. The van der Waals surface area contributed by atoms with Crippen LogP contribution in [0.4, 0.5) is 5.69 Å². The summed E-state index contributed by atoms with van der Waals surface area (Å²) in [6, 6.07) is 2.40. The van der Waals surface area contributed by atoms with Crippen molar-refractivity contribution in [2.75, 3.05) is 7.11 Å². The Morgan fingerprint density at radius 1 is 1.29 bits per heavy atom. The summed E-state index contributed by atoms with van der Waals surface area (Å²) in [4.78, 5) is 48.1. The molecule has 4 rings (SSSR count). The van der Waals surface area contributed by atoms with Gasteiger partial charge in [-0.1, -0.05) is 23.8 Å². The summed E-state index contributed by atoms with van der Waals surface area (Å²) in [5, 5.41) is 16.3. The number of ether oxygens (including phenoxy) is 2. The van der Waals surface area contributed by atoms with Gasteiger partial charge in [-0.2, -0.15) is 10.1 Å². The van der Waals surface area contributed by atoms with Gasteiger partial charge in [-0.15, -0.1) is 0 Å². The highest BCUT2D eigenvalue weighted by atomic mass is 35.5. The van der Waals surface area contributed by atoms with Crippen molar-refractivity contribution >= 4 is 41.3 Å². The normalized spacial score (nSPS) is 27.1. The molecule has 162 valence electrons. The first-order valence-corrected chi connectivity index (χ1v) is 9.93. The van der Waals surface area contributed by atoms with Crippen LogP contribution in [-0.4, -0.2) is 47.1 Å². The SMILES string of the molecule is COC(=O)C(C)Oc1c(C=NN2C(=O)C3C4C=CC(C4)C3C2=O)cc(Cl)cc1[N+](=O)[O-]. The van der Waals surface area contributed by atoms with Crippen molar-refractivity contribution in [3.8, 4) is 5.75 Å². The van der Waals surface area contributed by atoms with Crippen LogP contribution < -0.4 is 4.74 Å². The molecule has 31 heavy (non-hydrogen) atoms. The van der Waals surface area contributed by atoms with E-state index >= 15 is 0 Å². The largest absolute Gasteiger partial charge is 0.471 e. The number of nitrogens with zero attached hydrogens (tertiary/aromatic N) is 3. The van der Waals surface area contributed by atoms with Crippen LogP contribution in [0.15, 0.2) is 29.4 Å². The lowest BCUT2D eigenvalue weighted by Crippen LogP contribution is -2.28. The average Bonchev–Trinajstić information content (AvgIpc) is 3.41. The molecule has 0 spiro atoms. The zero-order chi connectivity index (χ0) is 22.4. The number of hydrazone groups is 1. The molecule has 1 saturated carbocycles. The number of imide groups is 1. The third kappa shape index (κ3) is 3.46. The number of methoxy groups -OCH3 is 1. The van der Waals surface area contributed by atoms with Crippen LogP contribution in [0.3, 0.4) is 0 Å². The molecule has 1 aromatic rings. The number of allylic oxidation sites excluding steroid dienone is 2. The molecule has 1 heterocycles. The van der Waals surface area contributed by atoms with Crippen LogP contribution in [0.25, 0.3) is 0 Å². The Morgan fingerprint density at radius 2 is 1.90 bits per heavy atom. The summed E-state index contributed by atoms with van der Waals surface area (Å²) >= 11 is 6.00. The van der Waals surface area contributed by atoms with E-state index in [0.29, 0.717) is 0 Å². The minimum Gasteiger partial charge on any atom is -0.471 e. The van der Waals surface area contributed by atoms with E-state index in [1.807, 2.05) is 12.2 Å². The van der Waals surface area contributed by atoms with Gasteiger partial charge in [0.2, 0.25) is 5.75 Å². The van der Waals surface area contributed by atoms with E-state index in [1.54, 1.807) is 0 Å². The van der Waals surface area contributed by atoms with Gasteiger partial charge in [-0.05, 0) is 31.2 Å². The molecule has 3 aliphatic rings. The Hall–Kier alpha value is -3.27. The standard InChI is InChI=1S/C20H18ClN3O7/c1-9(20(27)30-2)31-17-12(6-13(21)7-14(17)24(28)29)8-22-23-18(25)15-10-3-4-11(5-10)16(15)19(23)26/h3-4,6-11,15-16H,5H2,1-2H3. The zero-order valence-corrected chi connectivity index (χ0v) is 17.3. The number of nitro groups is 1. The molecular formula is C20H18ClN3O7. The number of hydrogen-bond donors (Lipinski definition) is 0. The molecule has 2 amide bonds. The number of rotatable bonds is 6. The molecule has 1 aromatic carbocycles. The lowest BCUT2D eigenvalue weighted by atomic mass is 9.85. The lowest BCUT2D eigenvalue weighted by molar-refractivity contribution is -0.386. The van der Waals surface area contributed by atoms with Crippen molar-refractivity contribution in [3.63, 3.8) is 0 Å². The van der Waals surface area contributed by atoms with Gasteiger partial charge in [0, 0.05) is 16.7 Å². The summed E-state index contributed by atoms with van der Waals surface area (Å²) in [6.45, 7) is 1.36. The number of carbonyl (C=O) groups excluding carboxylic acids is 3. The Labute approximate surface area is 181 Å². The van der Waals surface area contributed by atoms with Crippen LogP contribution in [0.1, 0.15) is 18.9 Å². The second kappa shape index (κ2) is 7.77. The summed E-state index contributed by atoms with van der Waals surface area (Å²) < 4.78 is 10.1. The molecule has 11 heteroatoms. The second-order valence-electron chi connectivity index (χ2n) is 7.62. The molecule has 2 bridgehead atoms. The number of esters is 1. The maximum atomic E-state index is 12.8. The predicted molar refractivity (Wildman–Crippen MR) is 107 cm³/mol. The Kier molecular flexibility index (Phi) is 5.26. The first-order chi connectivity index (χ1) is 14.7. The fourth-order valence-electron chi connectivity index (χ4n) is 4.47. The molecule has 5 atom stereocenters. The van der Waals surface area contributed by atoms with E-state index < -0.39 is 46.3 Å². The molecule has 2 fully saturated rings. The Morgan fingerprint density at radius 3 is 2.45 bits per heavy atom. The Balaban J connectivity index is 1.67. The zero-order valence-electron chi connectivity index (χ0n) is 16.6. The molecule has 10 nitrogen and oxygen atoms in total. The van der Waals surface area contributed by atoms with E-state index in [4.69, 9.17) is 16.3 Å². The lowest BCUT2D eigenvalue weighted by Gasteiger charge is -2.15. The quantitative estimate of drug-likeness (QED) is 0.163. The smallest absolute Gasteiger partial charge is 0.346 e. The van der Waals surface area contributed by atoms with Gasteiger partial charge in [0.1, 0.15) is 0 Å². The van der Waals surface area contributed by atoms with Crippen LogP contribution in [0.2, 0.25) is 5.02 Å². The van der Waals surface area contributed by atoms with Crippen molar-refractivity contribution in [3.05, 3.63) is 45.0 Å². The molecule has 2 aliphatic carbocycles. The highest BCUT2D eigenvalue weighted by Crippen LogP contribution is 2.52. The van der Waals surface area contributed by atoms with Crippen LogP contribution in [0, 0.1) is 33.8 Å². The molecule has 1 saturated heterocycles. The van der Waals surface area contributed by atoms with Gasteiger partial charge in [-0.25, -0.2) is 4.79 Å². The van der Waals surface area contributed by atoms with E-state index in [9.17, 15) is 24.5 Å². The van der Waals surface area contributed by atoms with Crippen LogP contribution in [0.5, 0.6) is 5.75 Å². The second-order valence-corrected chi connectivity index (χ2v) is 8.05. The third-order valence-electron chi connectivity index (χ3n) is 5.85. The molecule has 5 unspecified atom stereocenters. The molecular weight excluding hydrogens is 430 g/mol. The first kappa shape index (κ1) is 21.0. The van der Waals surface area contributed by atoms with Gasteiger partial charge in [0.05, 0.1) is 30.1 Å². The fourth-order valence-corrected chi connectivity index (χ4v) is 4.69. The minimum atomic E-state index is -1.16. The number of halogens is 1. The van der Waals surface area contributed by atoms with Gasteiger partial charge in [-0.3, -0.25) is 19.7 Å². The molecule has 0 aromatic heterocycles. The van der Waals surface area contributed by atoms with Gasteiger partial charge < -0.3 is 9.47 Å². The van der Waals surface area contributed by atoms with Crippen LogP contribution >= 0.6 is 11.6 Å². The topological polar surface area (TPSA) is 128 Å². The van der Waals surface area contributed by atoms with Crippen molar-refractivity contribution in [1.82, 2.24) is 5.01 Å².